The maximum atomic E-state index is 13.9. The molecule has 11 heteroatoms. The SMILES string of the molecule is O=C(Cn1cc(Nc2nccc(NCc3c(F)cccc3Cl)n2)cn1)N[C@@H]1C[C@@H]1F. The van der Waals surface area contributed by atoms with Gasteiger partial charge in [-0.1, -0.05) is 17.7 Å². The van der Waals surface area contributed by atoms with Crippen LogP contribution in [0.1, 0.15) is 12.0 Å². The van der Waals surface area contributed by atoms with Crippen LogP contribution >= 0.6 is 11.6 Å². The minimum atomic E-state index is -0.948. The summed E-state index contributed by atoms with van der Waals surface area (Å²) in [7, 11) is 0. The van der Waals surface area contributed by atoms with Crippen LogP contribution in [0.5, 0.6) is 0 Å². The van der Waals surface area contributed by atoms with Gasteiger partial charge >= 0.3 is 0 Å². The number of rotatable bonds is 8. The lowest BCUT2D eigenvalue weighted by atomic mass is 10.2. The van der Waals surface area contributed by atoms with E-state index in [9.17, 15) is 13.6 Å². The molecule has 1 aliphatic rings. The number of aromatic nitrogens is 4. The van der Waals surface area contributed by atoms with E-state index in [1.165, 1.54) is 16.9 Å². The van der Waals surface area contributed by atoms with Crippen LogP contribution in [0.2, 0.25) is 5.02 Å². The maximum Gasteiger partial charge on any atom is 0.242 e. The molecule has 2 aromatic heterocycles. The third kappa shape index (κ3) is 5.01. The number of nitrogens with zero attached hydrogens (tertiary/aromatic N) is 4. The molecule has 1 aromatic carbocycles. The molecule has 0 bridgehead atoms. The van der Waals surface area contributed by atoms with Crippen molar-refractivity contribution in [3.63, 3.8) is 0 Å². The van der Waals surface area contributed by atoms with Gasteiger partial charge in [0.25, 0.3) is 0 Å². The zero-order valence-electron chi connectivity index (χ0n) is 15.6. The molecular formula is C19H18ClF2N7O. The summed E-state index contributed by atoms with van der Waals surface area (Å²) in [4.78, 5) is 20.3. The molecule has 2 atom stereocenters. The molecule has 0 unspecified atom stereocenters. The summed E-state index contributed by atoms with van der Waals surface area (Å²) in [6.45, 7) is 0.145. The standard InChI is InChI=1S/C19H18ClF2N7O/c20-13-2-1-3-14(21)12(13)8-24-17-4-5-23-19(28-17)26-11-7-25-29(9-11)10-18(30)27-16-6-15(16)22/h1-5,7,9,15-16H,6,8,10H2,(H,27,30)(H2,23,24,26,28)/t15-,16+/m0/s1. The first-order valence-electron chi connectivity index (χ1n) is 9.20. The molecule has 4 rings (SSSR count). The number of nitrogens with one attached hydrogen (secondary N) is 3. The van der Waals surface area contributed by atoms with Crippen LogP contribution in [-0.2, 0) is 17.9 Å². The third-order valence-electron chi connectivity index (χ3n) is 4.42. The zero-order valence-corrected chi connectivity index (χ0v) is 16.4. The van der Waals surface area contributed by atoms with Gasteiger partial charge < -0.3 is 16.0 Å². The number of benzene rings is 1. The molecular weight excluding hydrogens is 416 g/mol. The lowest BCUT2D eigenvalue weighted by Crippen LogP contribution is -2.30. The molecule has 1 saturated carbocycles. The Kier molecular flexibility index (Phi) is 5.75. The molecule has 1 amide bonds. The van der Waals surface area contributed by atoms with Crippen LogP contribution in [0.3, 0.4) is 0 Å². The Morgan fingerprint density at radius 1 is 1.33 bits per heavy atom. The van der Waals surface area contributed by atoms with Crippen LogP contribution in [0.25, 0.3) is 0 Å². The second-order valence-corrected chi connectivity index (χ2v) is 7.20. The van der Waals surface area contributed by atoms with Crippen molar-refractivity contribution >= 4 is 35.0 Å². The Labute approximate surface area is 175 Å². The number of anilines is 3. The predicted octanol–water partition coefficient (Wildman–Crippen LogP) is 3.05. The van der Waals surface area contributed by atoms with Crippen LogP contribution < -0.4 is 16.0 Å². The summed E-state index contributed by atoms with van der Waals surface area (Å²) >= 11 is 6.03. The summed E-state index contributed by atoms with van der Waals surface area (Å²) in [5.41, 5.74) is 0.920. The van der Waals surface area contributed by atoms with Gasteiger partial charge in [-0.3, -0.25) is 9.48 Å². The molecule has 3 aromatic rings. The Balaban J connectivity index is 1.34. The number of alkyl halides is 1. The van der Waals surface area contributed by atoms with Gasteiger partial charge in [-0.15, -0.1) is 0 Å². The number of amides is 1. The second kappa shape index (κ2) is 8.62. The Morgan fingerprint density at radius 3 is 2.93 bits per heavy atom. The third-order valence-corrected chi connectivity index (χ3v) is 4.77. The highest BCUT2D eigenvalue weighted by Gasteiger charge is 2.38. The van der Waals surface area contributed by atoms with E-state index < -0.39 is 12.0 Å². The van der Waals surface area contributed by atoms with Crippen LogP contribution in [-0.4, -0.2) is 37.9 Å². The van der Waals surface area contributed by atoms with E-state index in [0.29, 0.717) is 34.5 Å². The van der Waals surface area contributed by atoms with Crippen molar-refractivity contribution in [3.8, 4) is 0 Å². The van der Waals surface area contributed by atoms with Gasteiger partial charge in [0.15, 0.2) is 0 Å². The average molecular weight is 434 g/mol. The van der Waals surface area contributed by atoms with Crippen LogP contribution in [0.4, 0.5) is 26.2 Å². The van der Waals surface area contributed by atoms with Crippen molar-refractivity contribution < 1.29 is 13.6 Å². The Bertz CT molecular complexity index is 1040. The molecule has 3 N–H and O–H groups in total. The van der Waals surface area contributed by atoms with E-state index >= 15 is 0 Å². The van der Waals surface area contributed by atoms with E-state index in [2.05, 4.69) is 31.0 Å². The largest absolute Gasteiger partial charge is 0.366 e. The molecule has 156 valence electrons. The number of carbonyl (C=O) groups excluding carboxylic acids is 1. The van der Waals surface area contributed by atoms with E-state index in [1.54, 1.807) is 30.6 Å². The molecule has 0 spiro atoms. The average Bonchev–Trinajstić information content (AvgIpc) is 3.21. The van der Waals surface area contributed by atoms with Crippen LogP contribution in [0, 0.1) is 5.82 Å². The van der Waals surface area contributed by atoms with Gasteiger partial charge in [-0.25, -0.2) is 13.8 Å². The first-order chi connectivity index (χ1) is 14.5. The number of hydrogen-bond donors (Lipinski definition) is 3. The van der Waals surface area contributed by atoms with Crippen molar-refractivity contribution in [2.75, 3.05) is 10.6 Å². The smallest absolute Gasteiger partial charge is 0.242 e. The van der Waals surface area contributed by atoms with Gasteiger partial charge in [0.05, 0.1) is 17.9 Å². The van der Waals surface area contributed by atoms with Gasteiger partial charge in [0, 0.05) is 35.9 Å². The highest BCUT2D eigenvalue weighted by Crippen LogP contribution is 2.24. The fourth-order valence-corrected chi connectivity index (χ4v) is 2.98. The van der Waals surface area contributed by atoms with E-state index in [0.717, 1.165) is 0 Å². The number of hydrogen-bond acceptors (Lipinski definition) is 6. The molecule has 0 saturated heterocycles. The Hall–Kier alpha value is -3.27. The summed E-state index contributed by atoms with van der Waals surface area (Å²) in [6, 6.07) is 5.76. The van der Waals surface area contributed by atoms with E-state index in [4.69, 9.17) is 11.6 Å². The van der Waals surface area contributed by atoms with Crippen molar-refractivity contribution in [2.45, 2.75) is 31.7 Å². The molecule has 1 aliphatic carbocycles. The highest BCUT2D eigenvalue weighted by atomic mass is 35.5. The summed E-state index contributed by atoms with van der Waals surface area (Å²) in [6.07, 6.45) is 4.09. The van der Waals surface area contributed by atoms with Gasteiger partial charge in [0.1, 0.15) is 24.4 Å². The van der Waals surface area contributed by atoms with Gasteiger partial charge in [-0.05, 0) is 18.2 Å². The van der Waals surface area contributed by atoms with Crippen LogP contribution in [0.15, 0.2) is 42.9 Å². The van der Waals surface area contributed by atoms with E-state index in [1.807, 2.05) is 0 Å². The molecule has 0 radical (unpaired) electrons. The fraction of sp³-hybridized carbons (Fsp3) is 0.263. The van der Waals surface area contributed by atoms with Crippen molar-refractivity contribution in [1.82, 2.24) is 25.1 Å². The number of halogens is 3. The first kappa shape index (κ1) is 20.0. The monoisotopic (exact) mass is 433 g/mol. The quantitative estimate of drug-likeness (QED) is 0.505. The normalized spacial score (nSPS) is 17.4. The minimum Gasteiger partial charge on any atom is -0.366 e. The highest BCUT2D eigenvalue weighted by molar-refractivity contribution is 6.31. The predicted molar refractivity (Wildman–Crippen MR) is 108 cm³/mol. The van der Waals surface area contributed by atoms with E-state index in [-0.39, 0.29) is 25.0 Å². The molecule has 1 fully saturated rings. The summed E-state index contributed by atoms with van der Waals surface area (Å²) in [5, 5.41) is 13.0. The fourth-order valence-electron chi connectivity index (χ4n) is 2.75. The first-order valence-corrected chi connectivity index (χ1v) is 9.58. The van der Waals surface area contributed by atoms with Crippen molar-refractivity contribution in [1.29, 1.82) is 0 Å². The Morgan fingerprint density at radius 2 is 2.17 bits per heavy atom. The molecule has 0 aliphatic heterocycles. The summed E-state index contributed by atoms with van der Waals surface area (Å²) in [5.74, 6) is 0.0670. The number of carbonyl (C=O) groups is 1. The summed E-state index contributed by atoms with van der Waals surface area (Å²) < 4.78 is 28.2. The van der Waals surface area contributed by atoms with Gasteiger partial charge in [0.2, 0.25) is 11.9 Å². The maximum absolute atomic E-state index is 13.9. The molecule has 30 heavy (non-hydrogen) atoms. The second-order valence-electron chi connectivity index (χ2n) is 6.80. The van der Waals surface area contributed by atoms with Crippen molar-refractivity contribution in [3.05, 3.63) is 59.3 Å². The molecule has 8 nitrogen and oxygen atoms in total. The zero-order chi connectivity index (χ0) is 21.1. The lowest BCUT2D eigenvalue weighted by Gasteiger charge is -2.09. The molecule has 2 heterocycles. The minimum absolute atomic E-state index is 0.0171. The topological polar surface area (TPSA) is 96.8 Å². The van der Waals surface area contributed by atoms with Gasteiger partial charge in [-0.2, -0.15) is 10.1 Å². The lowest BCUT2D eigenvalue weighted by molar-refractivity contribution is -0.122. The van der Waals surface area contributed by atoms with Crippen molar-refractivity contribution in [2.24, 2.45) is 0 Å².